The van der Waals surface area contributed by atoms with Crippen LogP contribution in [0, 0.1) is 10.1 Å². The molecule has 0 radical (unpaired) electrons. The quantitative estimate of drug-likeness (QED) is 0.493. The summed E-state index contributed by atoms with van der Waals surface area (Å²) in [6, 6.07) is 8.10. The van der Waals surface area contributed by atoms with Crippen molar-refractivity contribution >= 4 is 17.4 Å². The van der Waals surface area contributed by atoms with Gasteiger partial charge in [0.1, 0.15) is 11.5 Å². The number of rotatable bonds is 6. The van der Waals surface area contributed by atoms with Crippen LogP contribution in [0.2, 0.25) is 0 Å². The molecule has 0 unspecified atom stereocenters. The second-order valence-corrected chi connectivity index (χ2v) is 4.82. The second kappa shape index (κ2) is 6.78. The summed E-state index contributed by atoms with van der Waals surface area (Å²) in [4.78, 5) is 33.4. The van der Waals surface area contributed by atoms with Crippen LogP contribution in [-0.4, -0.2) is 23.7 Å². The zero-order valence-corrected chi connectivity index (χ0v) is 12.9. The lowest BCUT2D eigenvalue weighted by atomic mass is 10.1. The summed E-state index contributed by atoms with van der Waals surface area (Å²) in [5.41, 5.74) is 4.90. The van der Waals surface area contributed by atoms with E-state index in [-0.39, 0.29) is 28.4 Å². The molecule has 24 heavy (non-hydrogen) atoms. The summed E-state index contributed by atoms with van der Waals surface area (Å²) in [5, 5.41) is 11.2. The van der Waals surface area contributed by atoms with Crippen molar-refractivity contribution in [1.29, 1.82) is 0 Å². The zero-order valence-electron chi connectivity index (χ0n) is 12.9. The molecule has 0 aromatic heterocycles. The summed E-state index contributed by atoms with van der Waals surface area (Å²) in [7, 11) is 1.44. The molecule has 2 aromatic rings. The number of hydrogen-bond donors (Lipinski definition) is 1. The minimum absolute atomic E-state index is 0.0218. The predicted octanol–water partition coefficient (Wildman–Crippen LogP) is 2.70. The highest BCUT2D eigenvalue weighted by Crippen LogP contribution is 2.35. The molecule has 124 valence electrons. The maximum absolute atomic E-state index is 11.7. The molecule has 8 heteroatoms. The summed E-state index contributed by atoms with van der Waals surface area (Å²) < 4.78 is 10.6. The number of amides is 1. The van der Waals surface area contributed by atoms with Gasteiger partial charge in [-0.25, -0.2) is 0 Å². The Hall–Kier alpha value is -3.42. The Balaban J connectivity index is 2.53. The third kappa shape index (κ3) is 3.49. The molecule has 2 rings (SSSR count). The van der Waals surface area contributed by atoms with Crippen LogP contribution in [0.5, 0.6) is 17.2 Å². The van der Waals surface area contributed by atoms with E-state index in [4.69, 9.17) is 15.2 Å². The predicted molar refractivity (Wildman–Crippen MR) is 84.7 cm³/mol. The van der Waals surface area contributed by atoms with Gasteiger partial charge in [-0.2, -0.15) is 0 Å². The summed E-state index contributed by atoms with van der Waals surface area (Å²) in [6.07, 6.45) is 0. The van der Waals surface area contributed by atoms with Gasteiger partial charge in [0.25, 0.3) is 0 Å². The van der Waals surface area contributed by atoms with Gasteiger partial charge < -0.3 is 15.2 Å². The minimum Gasteiger partial charge on any atom is -0.497 e. The lowest BCUT2D eigenvalue weighted by Crippen LogP contribution is -2.11. The normalized spacial score (nSPS) is 10.1. The van der Waals surface area contributed by atoms with Crippen LogP contribution in [0.25, 0.3) is 0 Å². The van der Waals surface area contributed by atoms with Crippen molar-refractivity contribution < 1.29 is 24.0 Å². The van der Waals surface area contributed by atoms with Crippen molar-refractivity contribution in [3.05, 3.63) is 57.6 Å². The molecule has 0 fully saturated rings. The molecule has 2 aromatic carbocycles. The Labute approximate surface area is 136 Å². The van der Waals surface area contributed by atoms with Crippen LogP contribution < -0.4 is 15.2 Å². The standard InChI is InChI=1S/C16H14N2O6/c1-9(19)12-5-4-11(23-2)8-15(12)24-14-6-3-10(16(17)20)7-13(14)18(21)22/h3-8H,1-2H3,(H2,17,20). The van der Waals surface area contributed by atoms with E-state index in [0.717, 1.165) is 6.07 Å². The van der Waals surface area contributed by atoms with E-state index in [1.807, 2.05) is 0 Å². The summed E-state index contributed by atoms with van der Waals surface area (Å²) >= 11 is 0. The fourth-order valence-corrected chi connectivity index (χ4v) is 2.02. The number of Topliss-reactive ketones (excluding diaryl/α,β-unsaturated/α-hetero) is 1. The number of nitrogens with zero attached hydrogens (tertiary/aromatic N) is 1. The van der Waals surface area contributed by atoms with Gasteiger partial charge in [-0.15, -0.1) is 0 Å². The van der Waals surface area contributed by atoms with E-state index in [0.29, 0.717) is 5.75 Å². The van der Waals surface area contributed by atoms with Crippen LogP contribution >= 0.6 is 0 Å². The number of primary amides is 1. The summed E-state index contributed by atoms with van der Waals surface area (Å²) in [5.74, 6) is -0.663. The number of carbonyl (C=O) groups is 2. The van der Waals surface area contributed by atoms with Gasteiger partial charge >= 0.3 is 5.69 Å². The molecule has 0 spiro atoms. The van der Waals surface area contributed by atoms with Crippen molar-refractivity contribution in [2.24, 2.45) is 5.73 Å². The Morgan fingerprint density at radius 2 is 1.83 bits per heavy atom. The fourth-order valence-electron chi connectivity index (χ4n) is 2.02. The lowest BCUT2D eigenvalue weighted by molar-refractivity contribution is -0.385. The molecule has 0 aliphatic rings. The Bertz CT molecular complexity index is 831. The summed E-state index contributed by atoms with van der Waals surface area (Å²) in [6.45, 7) is 1.35. The number of methoxy groups -OCH3 is 1. The molecule has 0 bridgehead atoms. The number of ether oxygens (including phenoxy) is 2. The number of nitro benzene ring substituents is 1. The van der Waals surface area contributed by atoms with Gasteiger partial charge in [0.15, 0.2) is 5.78 Å². The highest BCUT2D eigenvalue weighted by molar-refractivity contribution is 5.97. The molecule has 0 saturated carbocycles. The molecule has 2 N–H and O–H groups in total. The van der Waals surface area contributed by atoms with Crippen molar-refractivity contribution in [1.82, 2.24) is 0 Å². The molecular weight excluding hydrogens is 316 g/mol. The maximum atomic E-state index is 11.7. The highest BCUT2D eigenvalue weighted by Gasteiger charge is 2.20. The molecule has 8 nitrogen and oxygen atoms in total. The van der Waals surface area contributed by atoms with Crippen molar-refractivity contribution in [2.75, 3.05) is 7.11 Å². The number of carbonyl (C=O) groups excluding carboxylic acids is 2. The molecule has 0 saturated heterocycles. The number of ketones is 1. The van der Waals surface area contributed by atoms with Crippen LogP contribution in [-0.2, 0) is 0 Å². The molecule has 0 aliphatic carbocycles. The largest absolute Gasteiger partial charge is 0.497 e. The average molecular weight is 330 g/mol. The molecule has 1 amide bonds. The van der Waals surface area contributed by atoms with E-state index in [1.54, 1.807) is 6.07 Å². The van der Waals surface area contributed by atoms with Crippen LogP contribution in [0.4, 0.5) is 5.69 Å². The average Bonchev–Trinajstić information content (AvgIpc) is 2.54. The Morgan fingerprint density at radius 3 is 2.38 bits per heavy atom. The van der Waals surface area contributed by atoms with Gasteiger partial charge in [-0.05, 0) is 31.2 Å². The van der Waals surface area contributed by atoms with Crippen LogP contribution in [0.3, 0.4) is 0 Å². The van der Waals surface area contributed by atoms with E-state index in [9.17, 15) is 19.7 Å². The Morgan fingerprint density at radius 1 is 1.12 bits per heavy atom. The number of benzene rings is 2. The Kier molecular flexibility index (Phi) is 4.78. The van der Waals surface area contributed by atoms with Crippen LogP contribution in [0.1, 0.15) is 27.6 Å². The van der Waals surface area contributed by atoms with Gasteiger partial charge in [-0.1, -0.05) is 0 Å². The van der Waals surface area contributed by atoms with E-state index in [1.165, 1.54) is 38.3 Å². The molecular formula is C16H14N2O6. The first kappa shape index (κ1) is 16.9. The monoisotopic (exact) mass is 330 g/mol. The first-order valence-corrected chi connectivity index (χ1v) is 6.78. The maximum Gasteiger partial charge on any atom is 0.312 e. The molecule has 0 aliphatic heterocycles. The second-order valence-electron chi connectivity index (χ2n) is 4.82. The van der Waals surface area contributed by atoms with E-state index >= 15 is 0 Å². The number of nitrogens with two attached hydrogens (primary N) is 1. The van der Waals surface area contributed by atoms with Crippen LogP contribution in [0.15, 0.2) is 36.4 Å². The highest BCUT2D eigenvalue weighted by atomic mass is 16.6. The van der Waals surface area contributed by atoms with E-state index in [2.05, 4.69) is 0 Å². The third-order valence-corrected chi connectivity index (χ3v) is 3.23. The third-order valence-electron chi connectivity index (χ3n) is 3.23. The van der Waals surface area contributed by atoms with Crippen molar-refractivity contribution in [3.63, 3.8) is 0 Å². The molecule has 0 atom stereocenters. The van der Waals surface area contributed by atoms with Crippen molar-refractivity contribution in [3.8, 4) is 17.2 Å². The smallest absolute Gasteiger partial charge is 0.312 e. The lowest BCUT2D eigenvalue weighted by Gasteiger charge is -2.11. The van der Waals surface area contributed by atoms with Crippen molar-refractivity contribution in [2.45, 2.75) is 6.92 Å². The minimum atomic E-state index is -0.796. The number of hydrogen-bond acceptors (Lipinski definition) is 6. The fraction of sp³-hybridized carbons (Fsp3) is 0.125. The van der Waals surface area contributed by atoms with E-state index < -0.39 is 16.5 Å². The van der Waals surface area contributed by atoms with Gasteiger partial charge in [0, 0.05) is 17.7 Å². The first-order valence-electron chi connectivity index (χ1n) is 6.78. The first-order chi connectivity index (χ1) is 11.3. The van der Waals surface area contributed by atoms with Gasteiger partial charge in [0.05, 0.1) is 17.6 Å². The molecule has 0 heterocycles. The number of nitro groups is 1. The SMILES string of the molecule is COc1ccc(C(C)=O)c(Oc2ccc(C(N)=O)cc2[N+](=O)[O-])c1. The van der Waals surface area contributed by atoms with Gasteiger partial charge in [0.2, 0.25) is 11.7 Å². The topological polar surface area (TPSA) is 122 Å². The van der Waals surface area contributed by atoms with Gasteiger partial charge in [-0.3, -0.25) is 19.7 Å². The zero-order chi connectivity index (χ0) is 17.9.